The number of benzene rings is 1. The fourth-order valence-electron chi connectivity index (χ4n) is 2.80. The average molecular weight is 245 g/mol. The molecule has 0 heterocycles. The van der Waals surface area contributed by atoms with Crippen LogP contribution in [0.25, 0.3) is 0 Å². The molecule has 1 aromatic rings. The Bertz CT molecular complexity index is 515. The van der Waals surface area contributed by atoms with Crippen LogP contribution in [0.3, 0.4) is 0 Å². The quantitative estimate of drug-likeness (QED) is 0.807. The number of fused-ring (bicyclic) bond motifs is 1. The summed E-state index contributed by atoms with van der Waals surface area (Å²) in [5.74, 6) is 1.52. The van der Waals surface area contributed by atoms with Crippen molar-refractivity contribution < 1.29 is 0 Å². The van der Waals surface area contributed by atoms with E-state index in [2.05, 4.69) is 23.5 Å². The summed E-state index contributed by atoms with van der Waals surface area (Å²) in [7, 11) is 0. The van der Waals surface area contributed by atoms with Crippen molar-refractivity contribution in [1.82, 2.24) is 0 Å². The van der Waals surface area contributed by atoms with E-state index in [1.165, 1.54) is 12.8 Å². The summed E-state index contributed by atoms with van der Waals surface area (Å²) in [5.41, 5.74) is 1.53. The van der Waals surface area contributed by atoms with Crippen LogP contribution in [0, 0.1) is 23.2 Å². The molecule has 2 aliphatic rings. The molecule has 1 fully saturated rings. The summed E-state index contributed by atoms with van der Waals surface area (Å²) in [6.45, 7) is 0. The molecule has 2 nitrogen and oxygen atoms in total. The number of anilines is 1. The van der Waals surface area contributed by atoms with Crippen LogP contribution in [-0.4, -0.2) is 6.04 Å². The first-order chi connectivity index (χ1) is 8.28. The zero-order valence-corrected chi connectivity index (χ0v) is 10.1. The van der Waals surface area contributed by atoms with Crippen LogP contribution in [0.5, 0.6) is 0 Å². The van der Waals surface area contributed by atoms with Gasteiger partial charge in [0.15, 0.2) is 0 Å². The van der Waals surface area contributed by atoms with Crippen LogP contribution in [0.15, 0.2) is 30.4 Å². The van der Waals surface area contributed by atoms with Gasteiger partial charge < -0.3 is 5.32 Å². The molecule has 3 unspecified atom stereocenters. The Balaban J connectivity index is 1.74. The molecular formula is C14H13ClN2. The third kappa shape index (κ3) is 1.81. The number of rotatable bonds is 2. The van der Waals surface area contributed by atoms with Gasteiger partial charge in [0.05, 0.1) is 10.6 Å². The molecule has 3 heteroatoms. The summed E-state index contributed by atoms with van der Waals surface area (Å²) in [6.07, 6.45) is 7.04. The number of hydrogen-bond donors (Lipinski definition) is 1. The van der Waals surface area contributed by atoms with E-state index < -0.39 is 0 Å². The number of hydrogen-bond acceptors (Lipinski definition) is 2. The van der Waals surface area contributed by atoms with Gasteiger partial charge in [0, 0.05) is 17.6 Å². The molecule has 3 rings (SSSR count). The van der Waals surface area contributed by atoms with E-state index in [9.17, 15) is 0 Å². The molecule has 1 saturated carbocycles. The lowest BCUT2D eigenvalue weighted by atomic mass is 9.71. The van der Waals surface area contributed by atoms with Crippen molar-refractivity contribution in [2.24, 2.45) is 11.8 Å². The smallest absolute Gasteiger partial charge is 0.101 e. The van der Waals surface area contributed by atoms with E-state index in [1.807, 2.05) is 12.1 Å². The normalized spacial score (nSPS) is 29.3. The fourth-order valence-corrected chi connectivity index (χ4v) is 2.96. The Morgan fingerprint density at radius 3 is 3.06 bits per heavy atom. The number of halogens is 1. The minimum absolute atomic E-state index is 0.519. The predicted octanol–water partition coefficient (Wildman–Crippen LogP) is 3.59. The second-order valence-electron chi connectivity index (χ2n) is 4.79. The Labute approximate surface area is 106 Å². The highest BCUT2D eigenvalue weighted by Crippen LogP contribution is 2.44. The van der Waals surface area contributed by atoms with Crippen molar-refractivity contribution >= 4 is 17.3 Å². The molecule has 0 aromatic heterocycles. The summed E-state index contributed by atoms with van der Waals surface area (Å²) in [6, 6.07) is 8.17. The van der Waals surface area contributed by atoms with Crippen LogP contribution in [0.2, 0.25) is 5.02 Å². The van der Waals surface area contributed by atoms with Crippen LogP contribution in [0.1, 0.15) is 18.4 Å². The molecule has 0 saturated heterocycles. The van der Waals surface area contributed by atoms with Gasteiger partial charge in [-0.15, -0.1) is 0 Å². The van der Waals surface area contributed by atoms with Gasteiger partial charge in [0.1, 0.15) is 6.07 Å². The lowest BCUT2D eigenvalue weighted by molar-refractivity contribution is 0.218. The maximum absolute atomic E-state index is 8.93. The maximum atomic E-state index is 8.93. The summed E-state index contributed by atoms with van der Waals surface area (Å²) in [5, 5.41) is 12.9. The first-order valence-electron chi connectivity index (χ1n) is 5.91. The van der Waals surface area contributed by atoms with Gasteiger partial charge in [-0.25, -0.2) is 0 Å². The lowest BCUT2D eigenvalue weighted by Gasteiger charge is -2.41. The van der Waals surface area contributed by atoms with E-state index in [0.29, 0.717) is 22.5 Å². The second-order valence-corrected chi connectivity index (χ2v) is 5.20. The lowest BCUT2D eigenvalue weighted by Crippen LogP contribution is -2.43. The van der Waals surface area contributed by atoms with Crippen molar-refractivity contribution in [1.29, 1.82) is 5.26 Å². The highest BCUT2D eigenvalue weighted by atomic mass is 35.5. The van der Waals surface area contributed by atoms with Crippen LogP contribution < -0.4 is 5.32 Å². The van der Waals surface area contributed by atoms with Crippen LogP contribution >= 0.6 is 11.6 Å². The van der Waals surface area contributed by atoms with E-state index in [0.717, 1.165) is 11.6 Å². The van der Waals surface area contributed by atoms with Crippen molar-refractivity contribution in [3.05, 3.63) is 40.9 Å². The Morgan fingerprint density at radius 1 is 1.41 bits per heavy atom. The summed E-state index contributed by atoms with van der Waals surface area (Å²) >= 11 is 5.91. The minimum atomic E-state index is 0.519. The van der Waals surface area contributed by atoms with E-state index >= 15 is 0 Å². The number of nitriles is 1. The topological polar surface area (TPSA) is 35.8 Å². The van der Waals surface area contributed by atoms with Crippen molar-refractivity contribution in [3.8, 4) is 6.07 Å². The van der Waals surface area contributed by atoms with E-state index in [-0.39, 0.29) is 0 Å². The van der Waals surface area contributed by atoms with Crippen molar-refractivity contribution in [2.75, 3.05) is 5.32 Å². The van der Waals surface area contributed by atoms with Gasteiger partial charge in [-0.2, -0.15) is 5.26 Å². The molecule has 1 aromatic carbocycles. The molecule has 0 spiro atoms. The van der Waals surface area contributed by atoms with Crippen LogP contribution in [-0.2, 0) is 0 Å². The highest BCUT2D eigenvalue weighted by molar-refractivity contribution is 6.31. The number of allylic oxidation sites excluding steroid dienone is 1. The van der Waals surface area contributed by atoms with Gasteiger partial charge in [0.2, 0.25) is 0 Å². The monoisotopic (exact) mass is 244 g/mol. The molecule has 86 valence electrons. The van der Waals surface area contributed by atoms with Crippen molar-refractivity contribution in [3.63, 3.8) is 0 Å². The molecule has 2 aliphatic carbocycles. The maximum Gasteiger partial charge on any atom is 0.101 e. The fraction of sp³-hybridized carbons (Fsp3) is 0.357. The van der Waals surface area contributed by atoms with E-state index in [1.54, 1.807) is 6.07 Å². The molecule has 0 bridgehead atoms. The third-order valence-corrected chi connectivity index (χ3v) is 4.13. The number of nitrogens with one attached hydrogen (secondary N) is 1. The number of nitrogens with zero attached hydrogens (tertiary/aromatic N) is 1. The Kier molecular flexibility index (Phi) is 2.57. The highest BCUT2D eigenvalue weighted by Gasteiger charge is 2.40. The Morgan fingerprint density at radius 2 is 2.29 bits per heavy atom. The summed E-state index contributed by atoms with van der Waals surface area (Å²) in [4.78, 5) is 0. The molecule has 0 radical (unpaired) electrons. The van der Waals surface area contributed by atoms with Crippen LogP contribution in [0.4, 0.5) is 5.69 Å². The van der Waals surface area contributed by atoms with Gasteiger partial charge in [0.25, 0.3) is 0 Å². The Hall–Kier alpha value is -1.46. The first kappa shape index (κ1) is 10.7. The molecular weight excluding hydrogens is 232 g/mol. The zero-order valence-electron chi connectivity index (χ0n) is 9.36. The van der Waals surface area contributed by atoms with Crippen molar-refractivity contribution in [2.45, 2.75) is 18.9 Å². The second kappa shape index (κ2) is 4.09. The largest absolute Gasteiger partial charge is 0.382 e. The minimum Gasteiger partial charge on any atom is -0.382 e. The van der Waals surface area contributed by atoms with Gasteiger partial charge >= 0.3 is 0 Å². The molecule has 0 aliphatic heterocycles. The first-order valence-corrected chi connectivity index (χ1v) is 6.28. The summed E-state index contributed by atoms with van der Waals surface area (Å²) < 4.78 is 0. The molecule has 1 N–H and O–H groups in total. The molecule has 17 heavy (non-hydrogen) atoms. The zero-order chi connectivity index (χ0) is 11.8. The molecule has 3 atom stereocenters. The van der Waals surface area contributed by atoms with Gasteiger partial charge in [-0.3, -0.25) is 0 Å². The van der Waals surface area contributed by atoms with Gasteiger partial charge in [-0.1, -0.05) is 23.8 Å². The average Bonchev–Trinajstić information content (AvgIpc) is 2.69. The third-order valence-electron chi connectivity index (χ3n) is 3.80. The standard InChI is InChI=1S/C14H13ClN2/c15-13-5-4-11(6-10(13)8-16)17-14-7-9-2-1-3-12(9)14/h1,3-6,9,12,14,17H,2,7H2. The SMILES string of the molecule is N#Cc1cc(NC2CC3CC=CC32)ccc1Cl. The molecule has 0 amide bonds. The van der Waals surface area contributed by atoms with E-state index in [4.69, 9.17) is 16.9 Å². The predicted molar refractivity (Wildman–Crippen MR) is 68.9 cm³/mol. The van der Waals surface area contributed by atoms with Gasteiger partial charge in [-0.05, 0) is 37.0 Å².